The van der Waals surface area contributed by atoms with Gasteiger partial charge in [0, 0.05) is 23.2 Å². The number of hydrogen-bond donors (Lipinski definition) is 2. The maximum atomic E-state index is 4.65. The average molecular weight is 327 g/mol. The first-order chi connectivity index (χ1) is 10.1. The second-order valence-corrected chi connectivity index (χ2v) is 8.16. The number of aryl methyl sites for hydroxylation is 1. The summed E-state index contributed by atoms with van der Waals surface area (Å²) in [6, 6.07) is 0. The van der Waals surface area contributed by atoms with Crippen molar-refractivity contribution in [3.63, 3.8) is 0 Å². The molecule has 2 N–H and O–H groups in total. The molecule has 1 unspecified atom stereocenters. The minimum Gasteiger partial charge on any atom is -0.357 e. The van der Waals surface area contributed by atoms with Crippen LogP contribution in [-0.4, -0.2) is 34.5 Å². The van der Waals surface area contributed by atoms with Crippen molar-refractivity contribution in [1.82, 2.24) is 15.6 Å². The summed E-state index contributed by atoms with van der Waals surface area (Å²) in [6.07, 6.45) is 3.62. The molecule has 1 aliphatic heterocycles. The molecule has 0 amide bonds. The molecule has 1 fully saturated rings. The molecule has 1 aromatic heterocycles. The van der Waals surface area contributed by atoms with Crippen LogP contribution in [0.15, 0.2) is 10.4 Å². The molecule has 2 heterocycles. The Bertz CT molecular complexity index is 464. The van der Waals surface area contributed by atoms with Crippen molar-refractivity contribution < 1.29 is 0 Å². The minimum absolute atomic E-state index is 0.353. The first kappa shape index (κ1) is 16.6. The fraction of sp³-hybridized carbons (Fsp3) is 0.733. The van der Waals surface area contributed by atoms with Crippen molar-refractivity contribution in [3.8, 4) is 0 Å². The minimum atomic E-state index is 0.353. The molecule has 0 aromatic carbocycles. The summed E-state index contributed by atoms with van der Waals surface area (Å²) in [5.41, 5.74) is 1.07. The predicted molar refractivity (Wildman–Crippen MR) is 94.4 cm³/mol. The van der Waals surface area contributed by atoms with Gasteiger partial charge in [0.25, 0.3) is 0 Å². The maximum absolute atomic E-state index is 4.65. The Balaban J connectivity index is 1.89. The normalized spacial score (nSPS) is 22.5. The van der Waals surface area contributed by atoms with Crippen LogP contribution in [0.5, 0.6) is 0 Å². The maximum Gasteiger partial charge on any atom is 0.191 e. The van der Waals surface area contributed by atoms with Gasteiger partial charge in [-0.2, -0.15) is 11.8 Å². The van der Waals surface area contributed by atoms with Gasteiger partial charge < -0.3 is 10.6 Å². The van der Waals surface area contributed by atoms with Gasteiger partial charge >= 0.3 is 0 Å². The zero-order valence-corrected chi connectivity index (χ0v) is 14.9. The highest BCUT2D eigenvalue weighted by Gasteiger charge is 2.29. The van der Waals surface area contributed by atoms with E-state index < -0.39 is 0 Å². The first-order valence-electron chi connectivity index (χ1n) is 7.74. The Morgan fingerprint density at radius 2 is 2.29 bits per heavy atom. The van der Waals surface area contributed by atoms with Gasteiger partial charge in [-0.25, -0.2) is 9.98 Å². The van der Waals surface area contributed by atoms with Gasteiger partial charge in [-0.15, -0.1) is 11.3 Å². The number of hydrogen-bond acceptors (Lipinski definition) is 4. The van der Waals surface area contributed by atoms with Crippen LogP contribution in [0.4, 0.5) is 0 Å². The molecule has 0 aliphatic carbocycles. The number of aromatic nitrogens is 1. The van der Waals surface area contributed by atoms with Gasteiger partial charge in [-0.1, -0.05) is 6.92 Å². The smallest absolute Gasteiger partial charge is 0.191 e. The lowest BCUT2D eigenvalue weighted by atomic mass is 10.1. The van der Waals surface area contributed by atoms with Crippen LogP contribution >= 0.6 is 23.1 Å². The van der Waals surface area contributed by atoms with Crippen molar-refractivity contribution in [3.05, 3.63) is 16.1 Å². The molecule has 21 heavy (non-hydrogen) atoms. The third-order valence-corrected chi connectivity index (χ3v) is 6.16. The molecule has 2 rings (SSSR count). The van der Waals surface area contributed by atoms with Gasteiger partial charge in [-0.05, 0) is 38.9 Å². The quantitative estimate of drug-likeness (QED) is 0.623. The average Bonchev–Trinajstić information content (AvgIpc) is 3.11. The lowest BCUT2D eigenvalue weighted by Crippen LogP contribution is -2.43. The Morgan fingerprint density at radius 1 is 1.43 bits per heavy atom. The topological polar surface area (TPSA) is 49.3 Å². The van der Waals surface area contributed by atoms with Gasteiger partial charge in [-0.3, -0.25) is 0 Å². The van der Waals surface area contributed by atoms with E-state index in [1.165, 1.54) is 23.6 Å². The van der Waals surface area contributed by atoms with E-state index >= 15 is 0 Å². The third kappa shape index (κ3) is 5.18. The van der Waals surface area contributed by atoms with Crippen molar-refractivity contribution >= 4 is 29.1 Å². The molecule has 4 nitrogen and oxygen atoms in total. The van der Waals surface area contributed by atoms with Crippen LogP contribution < -0.4 is 10.6 Å². The zero-order chi connectivity index (χ0) is 15.1. The molecule has 0 bridgehead atoms. The Labute approximate surface area is 136 Å². The Hall–Kier alpha value is -0.750. The molecule has 0 radical (unpaired) electrons. The van der Waals surface area contributed by atoms with Crippen LogP contribution in [0.3, 0.4) is 0 Å². The zero-order valence-electron chi connectivity index (χ0n) is 13.2. The summed E-state index contributed by atoms with van der Waals surface area (Å²) in [7, 11) is 0. The van der Waals surface area contributed by atoms with Crippen molar-refractivity contribution in [2.75, 3.05) is 18.8 Å². The summed E-state index contributed by atoms with van der Waals surface area (Å²) in [5, 5.41) is 10.1. The molecule has 1 aromatic rings. The predicted octanol–water partition coefficient (Wildman–Crippen LogP) is 3.05. The molecular formula is C15H26N4S2. The van der Waals surface area contributed by atoms with Crippen LogP contribution in [0.1, 0.15) is 44.3 Å². The third-order valence-electron chi connectivity index (χ3n) is 3.58. The second kappa shape index (κ2) is 8.03. The van der Waals surface area contributed by atoms with Gasteiger partial charge in [0.1, 0.15) is 0 Å². The van der Waals surface area contributed by atoms with Crippen molar-refractivity contribution in [2.24, 2.45) is 4.99 Å². The summed E-state index contributed by atoms with van der Waals surface area (Å²) < 4.78 is 0.353. The highest BCUT2D eigenvalue weighted by molar-refractivity contribution is 8.00. The summed E-state index contributed by atoms with van der Waals surface area (Å²) in [5.74, 6) is 2.18. The van der Waals surface area contributed by atoms with E-state index in [0.717, 1.165) is 31.2 Å². The van der Waals surface area contributed by atoms with Gasteiger partial charge in [0.15, 0.2) is 5.96 Å². The molecule has 1 atom stereocenters. The SMILES string of the molecule is CCNC(=NCc1csc(CC)n1)NCC1(C)CCCS1. The highest BCUT2D eigenvalue weighted by atomic mass is 32.2. The molecular weight excluding hydrogens is 300 g/mol. The van der Waals surface area contributed by atoms with E-state index in [1.807, 2.05) is 0 Å². The van der Waals surface area contributed by atoms with Crippen LogP contribution in [0, 0.1) is 0 Å². The fourth-order valence-corrected chi connectivity index (χ4v) is 4.31. The van der Waals surface area contributed by atoms with E-state index in [1.54, 1.807) is 11.3 Å². The van der Waals surface area contributed by atoms with Gasteiger partial charge in [0.05, 0.1) is 17.2 Å². The summed E-state index contributed by atoms with van der Waals surface area (Å²) >= 11 is 3.79. The molecule has 118 valence electrons. The Morgan fingerprint density at radius 3 is 2.90 bits per heavy atom. The molecule has 6 heteroatoms. The monoisotopic (exact) mass is 326 g/mol. The highest BCUT2D eigenvalue weighted by Crippen LogP contribution is 2.36. The van der Waals surface area contributed by atoms with Crippen LogP contribution in [0.2, 0.25) is 0 Å². The first-order valence-corrected chi connectivity index (χ1v) is 9.61. The molecule has 0 spiro atoms. The van der Waals surface area contributed by atoms with Gasteiger partial charge in [0.2, 0.25) is 0 Å². The van der Waals surface area contributed by atoms with Crippen molar-refractivity contribution in [1.29, 1.82) is 0 Å². The Kier molecular flexibility index (Phi) is 6.36. The molecule has 1 aliphatic rings. The number of thioether (sulfide) groups is 1. The number of thiazole rings is 1. The summed E-state index contributed by atoms with van der Waals surface area (Å²) in [4.78, 5) is 9.22. The van der Waals surface area contributed by atoms with Crippen LogP contribution in [0.25, 0.3) is 0 Å². The lowest BCUT2D eigenvalue weighted by Gasteiger charge is -2.24. The fourth-order valence-electron chi connectivity index (χ4n) is 2.33. The number of nitrogens with zero attached hydrogens (tertiary/aromatic N) is 2. The van der Waals surface area contributed by atoms with Crippen molar-refractivity contribution in [2.45, 2.75) is 51.3 Å². The van der Waals surface area contributed by atoms with Crippen LogP contribution in [-0.2, 0) is 13.0 Å². The van der Waals surface area contributed by atoms with E-state index in [9.17, 15) is 0 Å². The van der Waals surface area contributed by atoms with E-state index in [-0.39, 0.29) is 0 Å². The molecule has 1 saturated heterocycles. The number of aliphatic imine (C=N–C) groups is 1. The number of guanidine groups is 1. The van der Waals surface area contributed by atoms with E-state index in [4.69, 9.17) is 0 Å². The molecule has 0 saturated carbocycles. The van der Waals surface area contributed by atoms with E-state index in [2.05, 4.69) is 58.5 Å². The number of rotatable bonds is 6. The summed E-state index contributed by atoms with van der Waals surface area (Å²) in [6.45, 7) is 9.08. The second-order valence-electron chi connectivity index (χ2n) is 5.54. The lowest BCUT2D eigenvalue weighted by molar-refractivity contribution is 0.584. The largest absolute Gasteiger partial charge is 0.357 e. The standard InChI is InChI=1S/C15H26N4S2/c1-4-13-19-12(10-20-13)9-17-14(16-5-2)18-11-15(3)7-6-8-21-15/h10H,4-9,11H2,1-3H3,(H2,16,17,18). The number of nitrogens with one attached hydrogen (secondary N) is 2. The van der Waals surface area contributed by atoms with E-state index in [0.29, 0.717) is 11.3 Å².